The molecular weight excluding hydrogens is 212 g/mol. The highest BCUT2D eigenvalue weighted by Crippen LogP contribution is 2.06. The average molecular weight is 228 g/mol. The lowest BCUT2D eigenvalue weighted by atomic mass is 10.1. The molecule has 3 nitrogen and oxygen atoms in total. The van der Waals surface area contributed by atoms with E-state index in [9.17, 15) is 4.79 Å². The Bertz CT molecular complexity index is 489. The molecule has 0 spiro atoms. The van der Waals surface area contributed by atoms with E-state index in [-0.39, 0.29) is 5.78 Å². The Kier molecular flexibility index (Phi) is 3.70. The first-order valence-electron chi connectivity index (χ1n) is 5.77. The Morgan fingerprint density at radius 1 is 1.41 bits per heavy atom. The van der Waals surface area contributed by atoms with Gasteiger partial charge in [-0.25, -0.2) is 4.98 Å². The van der Waals surface area contributed by atoms with Crippen LogP contribution in [0.4, 0.5) is 0 Å². The summed E-state index contributed by atoms with van der Waals surface area (Å²) < 4.78 is 1.92. The van der Waals surface area contributed by atoms with Crippen molar-refractivity contribution in [2.45, 2.75) is 26.3 Å². The van der Waals surface area contributed by atoms with Gasteiger partial charge in [-0.15, -0.1) is 0 Å². The summed E-state index contributed by atoms with van der Waals surface area (Å²) in [4.78, 5) is 15.7. The molecule has 2 rings (SSSR count). The van der Waals surface area contributed by atoms with Crippen LogP contribution in [0.5, 0.6) is 0 Å². The number of aromatic nitrogens is 2. The summed E-state index contributed by atoms with van der Waals surface area (Å²) in [7, 11) is 0. The fourth-order valence-corrected chi connectivity index (χ4v) is 1.81. The van der Waals surface area contributed by atoms with Gasteiger partial charge in [0.1, 0.15) is 5.78 Å². The summed E-state index contributed by atoms with van der Waals surface area (Å²) in [6.45, 7) is 2.75. The summed E-state index contributed by atoms with van der Waals surface area (Å²) in [6.07, 6.45) is 6.42. The van der Waals surface area contributed by atoms with Crippen LogP contribution in [-0.4, -0.2) is 15.3 Å². The molecule has 0 amide bonds. The minimum absolute atomic E-state index is 0.268. The summed E-state index contributed by atoms with van der Waals surface area (Å²) in [6, 6.07) is 8.10. The van der Waals surface area contributed by atoms with E-state index in [0.717, 1.165) is 5.56 Å². The molecule has 0 aliphatic carbocycles. The first-order chi connectivity index (χ1) is 8.24. The van der Waals surface area contributed by atoms with E-state index >= 15 is 0 Å². The van der Waals surface area contributed by atoms with Gasteiger partial charge in [0, 0.05) is 31.8 Å². The SMILES string of the molecule is Cc1cccc(CC(=O)CCn2ccnc2)c1. The number of carbonyl (C=O) groups is 1. The van der Waals surface area contributed by atoms with Crippen molar-refractivity contribution in [3.63, 3.8) is 0 Å². The van der Waals surface area contributed by atoms with E-state index in [1.54, 1.807) is 12.5 Å². The number of nitrogens with zero attached hydrogens (tertiary/aromatic N) is 2. The molecular formula is C14H16N2O. The normalized spacial score (nSPS) is 10.4. The number of ketones is 1. The van der Waals surface area contributed by atoms with Crippen molar-refractivity contribution in [2.75, 3.05) is 0 Å². The smallest absolute Gasteiger partial charge is 0.139 e. The average Bonchev–Trinajstić information content (AvgIpc) is 2.79. The zero-order valence-electron chi connectivity index (χ0n) is 9.97. The van der Waals surface area contributed by atoms with Crippen molar-refractivity contribution in [3.8, 4) is 0 Å². The van der Waals surface area contributed by atoms with E-state index in [1.165, 1.54) is 5.56 Å². The molecule has 0 bridgehead atoms. The van der Waals surface area contributed by atoms with Gasteiger partial charge in [0.2, 0.25) is 0 Å². The van der Waals surface area contributed by atoms with Gasteiger partial charge >= 0.3 is 0 Å². The Hall–Kier alpha value is -1.90. The summed E-state index contributed by atoms with van der Waals surface area (Å²) in [5.74, 6) is 0.268. The molecule has 1 heterocycles. The number of hydrogen-bond acceptors (Lipinski definition) is 2. The molecule has 0 atom stereocenters. The van der Waals surface area contributed by atoms with Gasteiger partial charge in [0.15, 0.2) is 0 Å². The molecule has 3 heteroatoms. The second-order valence-electron chi connectivity index (χ2n) is 4.26. The van der Waals surface area contributed by atoms with Crippen LogP contribution in [0.1, 0.15) is 17.5 Å². The van der Waals surface area contributed by atoms with E-state index in [2.05, 4.69) is 11.1 Å². The molecule has 0 aliphatic heterocycles. The predicted molar refractivity (Wildman–Crippen MR) is 66.7 cm³/mol. The Morgan fingerprint density at radius 2 is 2.29 bits per heavy atom. The molecule has 0 aliphatic rings. The molecule has 1 aromatic carbocycles. The van der Waals surface area contributed by atoms with Crippen molar-refractivity contribution in [2.24, 2.45) is 0 Å². The molecule has 1 aromatic heterocycles. The maximum atomic E-state index is 11.8. The third-order valence-electron chi connectivity index (χ3n) is 2.69. The second kappa shape index (κ2) is 5.43. The number of aryl methyl sites for hydroxylation is 2. The predicted octanol–water partition coefficient (Wildman–Crippen LogP) is 2.39. The number of hydrogen-bond donors (Lipinski definition) is 0. The third-order valence-corrected chi connectivity index (χ3v) is 2.69. The van der Waals surface area contributed by atoms with E-state index in [0.29, 0.717) is 19.4 Å². The maximum absolute atomic E-state index is 11.8. The zero-order chi connectivity index (χ0) is 12.1. The van der Waals surface area contributed by atoms with Crippen LogP contribution in [0, 0.1) is 6.92 Å². The van der Waals surface area contributed by atoms with Gasteiger partial charge in [0.05, 0.1) is 6.33 Å². The second-order valence-corrected chi connectivity index (χ2v) is 4.26. The molecule has 0 unspecified atom stereocenters. The number of benzene rings is 1. The monoisotopic (exact) mass is 228 g/mol. The van der Waals surface area contributed by atoms with Crippen LogP contribution in [0.3, 0.4) is 0 Å². The van der Waals surface area contributed by atoms with Crippen molar-refractivity contribution in [3.05, 3.63) is 54.1 Å². The summed E-state index contributed by atoms with van der Waals surface area (Å²) >= 11 is 0. The van der Waals surface area contributed by atoms with Gasteiger partial charge < -0.3 is 4.57 Å². The molecule has 0 saturated heterocycles. The van der Waals surface area contributed by atoms with Crippen LogP contribution >= 0.6 is 0 Å². The molecule has 0 N–H and O–H groups in total. The third kappa shape index (κ3) is 3.55. The van der Waals surface area contributed by atoms with Crippen molar-refractivity contribution in [1.29, 1.82) is 0 Å². The Labute approximate surface area is 101 Å². The Morgan fingerprint density at radius 3 is 3.00 bits per heavy atom. The molecule has 17 heavy (non-hydrogen) atoms. The minimum atomic E-state index is 0.268. The highest BCUT2D eigenvalue weighted by Gasteiger charge is 2.04. The van der Waals surface area contributed by atoms with Gasteiger partial charge in [-0.2, -0.15) is 0 Å². The van der Waals surface area contributed by atoms with Crippen molar-refractivity contribution < 1.29 is 4.79 Å². The highest BCUT2D eigenvalue weighted by molar-refractivity contribution is 5.80. The lowest BCUT2D eigenvalue weighted by Gasteiger charge is -2.03. The van der Waals surface area contributed by atoms with Crippen LogP contribution in [0.25, 0.3) is 0 Å². The zero-order valence-corrected chi connectivity index (χ0v) is 9.97. The Balaban J connectivity index is 1.85. The van der Waals surface area contributed by atoms with Crippen LogP contribution in [-0.2, 0) is 17.8 Å². The van der Waals surface area contributed by atoms with E-state index in [1.807, 2.05) is 35.9 Å². The van der Waals surface area contributed by atoms with E-state index < -0.39 is 0 Å². The summed E-state index contributed by atoms with van der Waals surface area (Å²) in [5, 5.41) is 0. The van der Waals surface area contributed by atoms with Crippen LogP contribution < -0.4 is 0 Å². The highest BCUT2D eigenvalue weighted by atomic mass is 16.1. The van der Waals surface area contributed by atoms with Gasteiger partial charge in [-0.3, -0.25) is 4.79 Å². The quantitative estimate of drug-likeness (QED) is 0.787. The fraction of sp³-hybridized carbons (Fsp3) is 0.286. The van der Waals surface area contributed by atoms with Crippen molar-refractivity contribution in [1.82, 2.24) is 9.55 Å². The molecule has 88 valence electrons. The van der Waals surface area contributed by atoms with Gasteiger partial charge in [-0.1, -0.05) is 29.8 Å². The molecule has 2 aromatic rings. The van der Waals surface area contributed by atoms with Crippen LogP contribution in [0.15, 0.2) is 43.0 Å². The molecule has 0 fully saturated rings. The van der Waals surface area contributed by atoms with Crippen LogP contribution in [0.2, 0.25) is 0 Å². The minimum Gasteiger partial charge on any atom is -0.337 e. The number of Topliss-reactive ketones (excluding diaryl/α,β-unsaturated/α-hetero) is 1. The lowest BCUT2D eigenvalue weighted by Crippen LogP contribution is -2.07. The number of imidazole rings is 1. The summed E-state index contributed by atoms with van der Waals surface area (Å²) in [5.41, 5.74) is 2.30. The van der Waals surface area contributed by atoms with E-state index in [4.69, 9.17) is 0 Å². The van der Waals surface area contributed by atoms with Crippen molar-refractivity contribution >= 4 is 5.78 Å². The largest absolute Gasteiger partial charge is 0.337 e. The first kappa shape index (κ1) is 11.6. The number of rotatable bonds is 5. The number of carbonyl (C=O) groups excluding carboxylic acids is 1. The standard InChI is InChI=1S/C14H16N2O/c1-12-3-2-4-13(9-12)10-14(17)5-7-16-8-6-15-11-16/h2-4,6,8-9,11H,5,7,10H2,1H3. The molecule has 0 radical (unpaired) electrons. The van der Waals surface area contributed by atoms with Gasteiger partial charge in [-0.05, 0) is 12.5 Å². The molecule has 0 saturated carbocycles. The van der Waals surface area contributed by atoms with Gasteiger partial charge in [0.25, 0.3) is 0 Å². The fourth-order valence-electron chi connectivity index (χ4n) is 1.81. The first-order valence-corrected chi connectivity index (χ1v) is 5.77. The maximum Gasteiger partial charge on any atom is 0.139 e. The lowest BCUT2D eigenvalue weighted by molar-refractivity contribution is -0.118. The topological polar surface area (TPSA) is 34.9 Å².